The second-order valence-corrected chi connectivity index (χ2v) is 5.69. The van der Waals surface area contributed by atoms with E-state index in [-0.39, 0.29) is 0 Å². The first-order valence-corrected chi connectivity index (χ1v) is 6.44. The maximum absolute atomic E-state index is 3.51. The molecule has 1 saturated carbocycles. The fraction of sp³-hybridized carbons (Fsp3) is 1.00. The van der Waals surface area contributed by atoms with Crippen LogP contribution in [0.15, 0.2) is 0 Å². The highest BCUT2D eigenvalue weighted by Gasteiger charge is 2.30. The molecule has 1 aliphatic carbocycles. The minimum atomic E-state index is 0.610. The fourth-order valence-electron chi connectivity index (χ4n) is 2.10. The Balaban J connectivity index is 2.15. The Kier molecular flexibility index (Phi) is 5.07. The highest BCUT2D eigenvalue weighted by Crippen LogP contribution is 2.34. The van der Waals surface area contributed by atoms with Crippen molar-refractivity contribution in [3.8, 4) is 0 Å². The molecule has 0 aromatic carbocycles. The van der Waals surface area contributed by atoms with E-state index in [4.69, 9.17) is 0 Å². The second-order valence-electron chi connectivity index (χ2n) is 5.69. The molecule has 1 rings (SSSR count). The molecule has 0 bridgehead atoms. The quantitative estimate of drug-likeness (QED) is 0.697. The van der Waals surface area contributed by atoms with Gasteiger partial charge in [-0.15, -0.1) is 0 Å². The van der Waals surface area contributed by atoms with Gasteiger partial charge in [-0.25, -0.2) is 0 Å². The molecule has 0 amide bonds. The lowest BCUT2D eigenvalue weighted by atomic mass is 10.1. The summed E-state index contributed by atoms with van der Waals surface area (Å²) in [6.07, 6.45) is 2.90. The molecule has 2 heteroatoms. The maximum Gasteiger partial charge on any atom is 0.00922 e. The van der Waals surface area contributed by atoms with Gasteiger partial charge in [0.25, 0.3) is 0 Å². The lowest BCUT2D eigenvalue weighted by molar-refractivity contribution is 0.202. The molecule has 90 valence electrons. The Labute approximate surface area is 95.4 Å². The van der Waals surface area contributed by atoms with Crippen LogP contribution < -0.4 is 5.32 Å². The van der Waals surface area contributed by atoms with Gasteiger partial charge in [0.05, 0.1) is 0 Å². The molecule has 1 fully saturated rings. The molecule has 2 nitrogen and oxygen atoms in total. The summed E-state index contributed by atoms with van der Waals surface area (Å²) >= 11 is 0. The Hall–Kier alpha value is -0.0800. The van der Waals surface area contributed by atoms with Crippen molar-refractivity contribution in [2.75, 3.05) is 20.1 Å². The number of hydrogen-bond donors (Lipinski definition) is 1. The molecule has 15 heavy (non-hydrogen) atoms. The highest BCUT2D eigenvalue weighted by molar-refractivity contribution is 4.84. The van der Waals surface area contributed by atoms with Crippen LogP contribution in [0.5, 0.6) is 0 Å². The zero-order valence-electron chi connectivity index (χ0n) is 11.1. The predicted octanol–water partition coefficient (Wildman–Crippen LogP) is 2.35. The van der Waals surface area contributed by atoms with Crippen LogP contribution >= 0.6 is 0 Å². The third-order valence-corrected chi connectivity index (χ3v) is 3.47. The van der Waals surface area contributed by atoms with Gasteiger partial charge in [-0.05, 0) is 45.2 Å². The van der Waals surface area contributed by atoms with Crippen molar-refractivity contribution >= 4 is 0 Å². The van der Waals surface area contributed by atoms with Crippen LogP contribution in [0.3, 0.4) is 0 Å². The third kappa shape index (κ3) is 4.98. The van der Waals surface area contributed by atoms with E-state index in [1.54, 1.807) is 0 Å². The van der Waals surface area contributed by atoms with E-state index in [1.165, 1.54) is 19.4 Å². The van der Waals surface area contributed by atoms with Crippen molar-refractivity contribution in [3.05, 3.63) is 0 Å². The summed E-state index contributed by atoms with van der Waals surface area (Å²) < 4.78 is 0. The molecule has 1 N–H and O–H groups in total. The zero-order valence-corrected chi connectivity index (χ0v) is 11.1. The van der Waals surface area contributed by atoms with Gasteiger partial charge >= 0.3 is 0 Å². The van der Waals surface area contributed by atoms with E-state index in [0.717, 1.165) is 24.4 Å². The first-order chi connectivity index (χ1) is 7.00. The summed E-state index contributed by atoms with van der Waals surface area (Å²) in [7, 11) is 2.27. The van der Waals surface area contributed by atoms with Gasteiger partial charge < -0.3 is 10.2 Å². The van der Waals surface area contributed by atoms with Gasteiger partial charge in [0, 0.05) is 18.6 Å². The molecule has 2 unspecified atom stereocenters. The summed E-state index contributed by atoms with van der Waals surface area (Å²) in [5.74, 6) is 1.74. The minimum Gasteiger partial charge on any atom is -0.314 e. The molecule has 2 atom stereocenters. The van der Waals surface area contributed by atoms with E-state index < -0.39 is 0 Å². The van der Waals surface area contributed by atoms with E-state index in [9.17, 15) is 0 Å². The number of rotatable bonds is 7. The second kappa shape index (κ2) is 5.86. The van der Waals surface area contributed by atoms with Crippen LogP contribution in [0.1, 0.15) is 40.5 Å². The normalized spacial score (nSPS) is 21.0. The minimum absolute atomic E-state index is 0.610. The van der Waals surface area contributed by atoms with Gasteiger partial charge in [0.2, 0.25) is 0 Å². The van der Waals surface area contributed by atoms with E-state index in [0.29, 0.717) is 6.04 Å². The molecule has 0 aromatic heterocycles. The Morgan fingerprint density at radius 1 is 1.20 bits per heavy atom. The number of hydrogen-bond acceptors (Lipinski definition) is 2. The first-order valence-electron chi connectivity index (χ1n) is 6.44. The molecule has 0 aliphatic heterocycles. The Morgan fingerprint density at radius 2 is 1.80 bits per heavy atom. The van der Waals surface area contributed by atoms with Gasteiger partial charge in [-0.2, -0.15) is 0 Å². The third-order valence-electron chi connectivity index (χ3n) is 3.47. The molecule has 0 radical (unpaired) electrons. The molecule has 0 saturated heterocycles. The maximum atomic E-state index is 3.51. The van der Waals surface area contributed by atoms with Crippen LogP contribution in [0.4, 0.5) is 0 Å². The van der Waals surface area contributed by atoms with Gasteiger partial charge in [-0.1, -0.05) is 20.8 Å². The van der Waals surface area contributed by atoms with Gasteiger partial charge in [0.1, 0.15) is 0 Å². The standard InChI is InChI=1S/C13H28N2/c1-10(2)14-8-11(3)9-15(5)12(4)13-6-7-13/h10-14H,6-9H2,1-5H3. The van der Waals surface area contributed by atoms with Gasteiger partial charge in [0.15, 0.2) is 0 Å². The lowest BCUT2D eigenvalue weighted by Crippen LogP contribution is -2.38. The molecule has 0 aromatic rings. The van der Waals surface area contributed by atoms with Crippen molar-refractivity contribution in [1.29, 1.82) is 0 Å². The van der Waals surface area contributed by atoms with Crippen LogP contribution in [0.2, 0.25) is 0 Å². The predicted molar refractivity (Wildman–Crippen MR) is 67.1 cm³/mol. The van der Waals surface area contributed by atoms with Crippen molar-refractivity contribution in [3.63, 3.8) is 0 Å². The van der Waals surface area contributed by atoms with Crippen LogP contribution in [0, 0.1) is 11.8 Å². The molecular formula is C13H28N2. The fourth-order valence-corrected chi connectivity index (χ4v) is 2.10. The largest absolute Gasteiger partial charge is 0.314 e. The summed E-state index contributed by atoms with van der Waals surface area (Å²) in [6.45, 7) is 11.5. The van der Waals surface area contributed by atoms with Gasteiger partial charge in [-0.3, -0.25) is 0 Å². The first kappa shape index (κ1) is 13.0. The summed E-state index contributed by atoms with van der Waals surface area (Å²) in [5.41, 5.74) is 0. The summed E-state index contributed by atoms with van der Waals surface area (Å²) in [6, 6.07) is 1.39. The van der Waals surface area contributed by atoms with Crippen molar-refractivity contribution in [1.82, 2.24) is 10.2 Å². The van der Waals surface area contributed by atoms with E-state index >= 15 is 0 Å². The molecule has 1 aliphatic rings. The Morgan fingerprint density at radius 3 is 2.27 bits per heavy atom. The number of nitrogens with zero attached hydrogens (tertiary/aromatic N) is 1. The van der Waals surface area contributed by atoms with Crippen LogP contribution in [-0.4, -0.2) is 37.1 Å². The highest BCUT2D eigenvalue weighted by atomic mass is 15.1. The Bertz CT molecular complexity index is 175. The van der Waals surface area contributed by atoms with E-state index in [1.807, 2.05) is 0 Å². The average molecular weight is 212 g/mol. The zero-order chi connectivity index (χ0) is 11.4. The summed E-state index contributed by atoms with van der Waals surface area (Å²) in [5, 5.41) is 3.51. The van der Waals surface area contributed by atoms with Crippen molar-refractivity contribution < 1.29 is 0 Å². The monoisotopic (exact) mass is 212 g/mol. The summed E-state index contributed by atoms with van der Waals surface area (Å²) in [4.78, 5) is 2.53. The lowest BCUT2D eigenvalue weighted by Gasteiger charge is -2.28. The number of nitrogens with one attached hydrogen (secondary N) is 1. The molecule has 0 heterocycles. The van der Waals surface area contributed by atoms with Crippen molar-refractivity contribution in [2.45, 2.75) is 52.6 Å². The average Bonchev–Trinajstić information content (AvgIpc) is 2.96. The molecule has 0 spiro atoms. The van der Waals surface area contributed by atoms with Crippen molar-refractivity contribution in [2.24, 2.45) is 11.8 Å². The van der Waals surface area contributed by atoms with Crippen LogP contribution in [-0.2, 0) is 0 Å². The smallest absolute Gasteiger partial charge is 0.00922 e. The van der Waals surface area contributed by atoms with E-state index in [2.05, 4.69) is 45.0 Å². The van der Waals surface area contributed by atoms with Crippen LogP contribution in [0.25, 0.3) is 0 Å². The SMILES string of the molecule is CC(CNC(C)C)CN(C)C(C)C1CC1. The topological polar surface area (TPSA) is 15.3 Å². The molecular weight excluding hydrogens is 184 g/mol.